The van der Waals surface area contributed by atoms with Crippen LogP contribution in [0.2, 0.25) is 0 Å². The summed E-state index contributed by atoms with van der Waals surface area (Å²) in [6, 6.07) is 13.1. The molecule has 0 saturated heterocycles. The Morgan fingerprint density at radius 2 is 2.08 bits per heavy atom. The Bertz CT molecular complexity index is 882. The molecule has 0 unspecified atom stereocenters. The molecular formula is C21H21BrN2O2. The standard InChI is InChI=1S/C21H21BrN2O2/c1-4-10-26-20-9-8-16(12-18(20)22)11-17(13-23)21(25)24-19-7-5-6-14(2)15(19)3/h5-9,11-12H,4,10H2,1-3H3,(H,24,25)/b17-11+. The summed E-state index contributed by atoms with van der Waals surface area (Å²) in [5.74, 6) is 0.311. The summed E-state index contributed by atoms with van der Waals surface area (Å²) in [5, 5.41) is 12.2. The van der Waals surface area contributed by atoms with Gasteiger partial charge in [-0.1, -0.05) is 25.1 Å². The van der Waals surface area contributed by atoms with Crippen LogP contribution in [0.1, 0.15) is 30.0 Å². The van der Waals surface area contributed by atoms with Gasteiger partial charge in [-0.2, -0.15) is 5.26 Å². The molecule has 1 N–H and O–H groups in total. The average molecular weight is 413 g/mol. The number of aryl methyl sites for hydroxylation is 1. The van der Waals surface area contributed by atoms with Crippen molar-refractivity contribution in [3.8, 4) is 11.8 Å². The van der Waals surface area contributed by atoms with Crippen molar-refractivity contribution in [1.82, 2.24) is 0 Å². The first kappa shape index (κ1) is 19.7. The second-order valence-electron chi connectivity index (χ2n) is 5.91. The maximum atomic E-state index is 12.5. The van der Waals surface area contributed by atoms with E-state index in [1.165, 1.54) is 0 Å². The molecule has 0 bridgehead atoms. The fourth-order valence-corrected chi connectivity index (χ4v) is 2.84. The van der Waals surface area contributed by atoms with E-state index in [1.807, 2.05) is 63.2 Å². The van der Waals surface area contributed by atoms with Gasteiger partial charge in [0.1, 0.15) is 17.4 Å². The van der Waals surface area contributed by atoms with Gasteiger partial charge >= 0.3 is 0 Å². The number of amides is 1. The lowest BCUT2D eigenvalue weighted by molar-refractivity contribution is -0.112. The summed E-state index contributed by atoms with van der Waals surface area (Å²) < 4.78 is 6.40. The Labute approximate surface area is 162 Å². The molecule has 0 heterocycles. The number of carbonyl (C=O) groups is 1. The van der Waals surface area contributed by atoms with Crippen molar-refractivity contribution in [3.05, 3.63) is 63.1 Å². The quantitative estimate of drug-likeness (QED) is 0.510. The third kappa shape index (κ3) is 4.96. The van der Waals surface area contributed by atoms with Gasteiger partial charge in [0.25, 0.3) is 5.91 Å². The number of carbonyl (C=O) groups excluding carboxylic acids is 1. The summed E-state index contributed by atoms with van der Waals surface area (Å²) in [4.78, 5) is 12.5. The van der Waals surface area contributed by atoms with Crippen molar-refractivity contribution in [2.75, 3.05) is 11.9 Å². The second kappa shape index (κ2) is 9.21. The number of benzene rings is 2. The zero-order valence-corrected chi connectivity index (χ0v) is 16.7. The first-order chi connectivity index (χ1) is 12.5. The van der Waals surface area contributed by atoms with E-state index in [0.717, 1.165) is 33.3 Å². The maximum Gasteiger partial charge on any atom is 0.266 e. The summed E-state index contributed by atoms with van der Waals surface area (Å²) in [7, 11) is 0. The summed E-state index contributed by atoms with van der Waals surface area (Å²) in [5.41, 5.74) is 3.56. The van der Waals surface area contributed by atoms with Crippen molar-refractivity contribution in [1.29, 1.82) is 5.26 Å². The summed E-state index contributed by atoms with van der Waals surface area (Å²) >= 11 is 3.46. The lowest BCUT2D eigenvalue weighted by Crippen LogP contribution is -2.14. The molecule has 5 heteroatoms. The predicted octanol–water partition coefficient (Wildman–Crippen LogP) is 5.40. The Balaban J connectivity index is 2.21. The highest BCUT2D eigenvalue weighted by atomic mass is 79.9. The molecule has 2 rings (SSSR count). The van der Waals surface area contributed by atoms with E-state index < -0.39 is 5.91 Å². The first-order valence-corrected chi connectivity index (χ1v) is 9.17. The van der Waals surface area contributed by atoms with Crippen LogP contribution in [0, 0.1) is 25.2 Å². The number of nitrogens with zero attached hydrogens (tertiary/aromatic N) is 1. The van der Waals surface area contributed by atoms with E-state index in [0.29, 0.717) is 12.3 Å². The van der Waals surface area contributed by atoms with Crippen LogP contribution >= 0.6 is 15.9 Å². The SMILES string of the molecule is CCCOc1ccc(/C=C(\C#N)C(=O)Nc2cccc(C)c2C)cc1Br. The summed E-state index contributed by atoms with van der Waals surface area (Å²) in [6.07, 6.45) is 2.49. The topological polar surface area (TPSA) is 62.1 Å². The van der Waals surface area contributed by atoms with E-state index >= 15 is 0 Å². The molecule has 0 radical (unpaired) electrons. The van der Waals surface area contributed by atoms with Gasteiger partial charge in [0.05, 0.1) is 11.1 Å². The monoisotopic (exact) mass is 412 g/mol. The van der Waals surface area contributed by atoms with Gasteiger partial charge < -0.3 is 10.1 Å². The lowest BCUT2D eigenvalue weighted by atomic mass is 10.1. The molecule has 0 aliphatic carbocycles. The number of ether oxygens (including phenoxy) is 1. The van der Waals surface area contributed by atoms with Crippen LogP contribution in [0.3, 0.4) is 0 Å². The minimum absolute atomic E-state index is 0.0417. The molecule has 2 aromatic rings. The van der Waals surface area contributed by atoms with Crippen molar-refractivity contribution in [2.24, 2.45) is 0 Å². The molecule has 0 spiro atoms. The van der Waals surface area contributed by atoms with Crippen molar-refractivity contribution >= 4 is 33.6 Å². The number of hydrogen-bond donors (Lipinski definition) is 1. The van der Waals surface area contributed by atoms with Gasteiger partial charge in [-0.3, -0.25) is 4.79 Å². The van der Waals surface area contributed by atoms with Crippen LogP contribution in [-0.4, -0.2) is 12.5 Å². The fraction of sp³-hybridized carbons (Fsp3) is 0.238. The molecular weight excluding hydrogens is 392 g/mol. The second-order valence-corrected chi connectivity index (χ2v) is 6.76. The van der Waals surface area contributed by atoms with E-state index in [1.54, 1.807) is 6.08 Å². The number of anilines is 1. The molecule has 26 heavy (non-hydrogen) atoms. The van der Waals surface area contributed by atoms with Crippen molar-refractivity contribution < 1.29 is 9.53 Å². The highest BCUT2D eigenvalue weighted by molar-refractivity contribution is 9.10. The number of rotatable bonds is 6. The zero-order chi connectivity index (χ0) is 19.1. The van der Waals surface area contributed by atoms with Gasteiger partial charge in [0.15, 0.2) is 0 Å². The third-order valence-corrected chi connectivity index (χ3v) is 4.57. The minimum atomic E-state index is -0.427. The Morgan fingerprint density at radius 1 is 1.31 bits per heavy atom. The van der Waals surface area contributed by atoms with E-state index in [9.17, 15) is 10.1 Å². The molecule has 0 aromatic heterocycles. The van der Waals surface area contributed by atoms with Gasteiger partial charge in [-0.05, 0) is 77.2 Å². The van der Waals surface area contributed by atoms with Gasteiger partial charge in [-0.15, -0.1) is 0 Å². The normalized spacial score (nSPS) is 11.0. The molecule has 0 fully saturated rings. The number of halogens is 1. The molecule has 0 atom stereocenters. The van der Waals surface area contributed by atoms with Crippen LogP contribution in [-0.2, 0) is 4.79 Å². The smallest absolute Gasteiger partial charge is 0.266 e. The maximum absolute atomic E-state index is 12.5. The minimum Gasteiger partial charge on any atom is -0.492 e. The number of nitrogens with one attached hydrogen (secondary N) is 1. The Kier molecular flexibility index (Phi) is 6.99. The molecule has 0 aliphatic rings. The first-order valence-electron chi connectivity index (χ1n) is 8.38. The Morgan fingerprint density at radius 3 is 2.73 bits per heavy atom. The van der Waals surface area contributed by atoms with Gasteiger partial charge in [-0.25, -0.2) is 0 Å². The predicted molar refractivity (Wildman–Crippen MR) is 108 cm³/mol. The van der Waals surface area contributed by atoms with Crippen molar-refractivity contribution in [2.45, 2.75) is 27.2 Å². The average Bonchev–Trinajstić information content (AvgIpc) is 2.62. The molecule has 1 amide bonds. The van der Waals surface area contributed by atoms with Crippen LogP contribution in [0.25, 0.3) is 6.08 Å². The third-order valence-electron chi connectivity index (χ3n) is 3.95. The van der Waals surface area contributed by atoms with E-state index in [-0.39, 0.29) is 5.57 Å². The van der Waals surface area contributed by atoms with Crippen LogP contribution < -0.4 is 10.1 Å². The molecule has 0 aliphatic heterocycles. The van der Waals surface area contributed by atoms with Gasteiger partial charge in [0, 0.05) is 5.69 Å². The molecule has 2 aromatic carbocycles. The molecule has 0 saturated carbocycles. The van der Waals surface area contributed by atoms with E-state index in [2.05, 4.69) is 21.2 Å². The highest BCUT2D eigenvalue weighted by Gasteiger charge is 2.12. The Hall–Kier alpha value is -2.58. The fourth-order valence-electron chi connectivity index (χ4n) is 2.33. The van der Waals surface area contributed by atoms with Crippen LogP contribution in [0.15, 0.2) is 46.4 Å². The number of nitriles is 1. The largest absolute Gasteiger partial charge is 0.492 e. The molecule has 134 valence electrons. The molecule has 4 nitrogen and oxygen atoms in total. The van der Waals surface area contributed by atoms with E-state index in [4.69, 9.17) is 4.74 Å². The van der Waals surface area contributed by atoms with Crippen molar-refractivity contribution in [3.63, 3.8) is 0 Å². The van der Waals surface area contributed by atoms with Crippen LogP contribution in [0.4, 0.5) is 5.69 Å². The van der Waals surface area contributed by atoms with Gasteiger partial charge in [0.2, 0.25) is 0 Å². The number of hydrogen-bond acceptors (Lipinski definition) is 3. The van der Waals surface area contributed by atoms with Crippen LogP contribution in [0.5, 0.6) is 5.75 Å². The lowest BCUT2D eigenvalue weighted by Gasteiger charge is -2.10. The summed E-state index contributed by atoms with van der Waals surface area (Å²) in [6.45, 7) is 6.59. The zero-order valence-electron chi connectivity index (χ0n) is 15.1. The highest BCUT2D eigenvalue weighted by Crippen LogP contribution is 2.27.